The number of hydrogen-bond acceptors (Lipinski definition) is 3. The maximum Gasteiger partial charge on any atom is 0.222 e. The van der Waals surface area contributed by atoms with Crippen LogP contribution in [0.5, 0.6) is 5.75 Å². The van der Waals surface area contributed by atoms with Crippen molar-refractivity contribution >= 4 is 11.7 Å². The Labute approximate surface area is 149 Å². The van der Waals surface area contributed by atoms with Crippen LogP contribution in [0.3, 0.4) is 0 Å². The van der Waals surface area contributed by atoms with E-state index in [9.17, 15) is 9.59 Å². The highest BCUT2D eigenvalue weighted by Gasteiger charge is 2.09. The van der Waals surface area contributed by atoms with Gasteiger partial charge in [-0.2, -0.15) is 0 Å². The van der Waals surface area contributed by atoms with Crippen LogP contribution in [-0.4, -0.2) is 30.2 Å². The zero-order chi connectivity index (χ0) is 18.2. The Morgan fingerprint density at radius 2 is 1.64 bits per heavy atom. The Bertz CT molecular complexity index is 705. The van der Waals surface area contributed by atoms with E-state index >= 15 is 0 Å². The first kappa shape index (κ1) is 18.7. The first-order valence-corrected chi connectivity index (χ1v) is 8.49. The lowest BCUT2D eigenvalue weighted by Crippen LogP contribution is -2.26. The second-order valence-corrected chi connectivity index (χ2v) is 6.27. The van der Waals surface area contributed by atoms with Gasteiger partial charge in [0, 0.05) is 25.6 Å². The van der Waals surface area contributed by atoms with Crippen molar-refractivity contribution in [3.05, 3.63) is 65.2 Å². The molecule has 1 amide bonds. The number of carbonyl (C=O) groups excluding carboxylic acids is 2. The number of benzene rings is 2. The van der Waals surface area contributed by atoms with Crippen LogP contribution in [0.4, 0.5) is 0 Å². The Balaban J connectivity index is 1.70. The number of aryl methyl sites for hydroxylation is 1. The third-order valence-corrected chi connectivity index (χ3v) is 4.03. The maximum atomic E-state index is 12.2. The van der Waals surface area contributed by atoms with Crippen LogP contribution in [-0.2, 0) is 11.3 Å². The maximum absolute atomic E-state index is 12.2. The van der Waals surface area contributed by atoms with Crippen molar-refractivity contribution in [2.75, 3.05) is 13.7 Å². The molecule has 0 spiro atoms. The topological polar surface area (TPSA) is 46.6 Å². The number of rotatable bonds is 8. The molecule has 0 N–H and O–H groups in total. The number of amides is 1. The van der Waals surface area contributed by atoms with Crippen molar-refractivity contribution in [2.45, 2.75) is 33.2 Å². The fourth-order valence-corrected chi connectivity index (χ4v) is 2.45. The van der Waals surface area contributed by atoms with E-state index in [1.165, 1.54) is 12.5 Å². The molecule has 0 bridgehead atoms. The summed E-state index contributed by atoms with van der Waals surface area (Å²) in [5.41, 5.74) is 3.01. The lowest BCUT2D eigenvalue weighted by atomic mass is 10.1. The van der Waals surface area contributed by atoms with Gasteiger partial charge >= 0.3 is 0 Å². The zero-order valence-corrected chi connectivity index (χ0v) is 15.1. The minimum absolute atomic E-state index is 0.0359. The second kappa shape index (κ2) is 9.02. The SMILES string of the molecule is CC(=O)c1ccc(OCCCC(=O)N(C)Cc2ccc(C)cc2)cc1. The molecule has 0 atom stereocenters. The molecule has 0 unspecified atom stereocenters. The Morgan fingerprint density at radius 3 is 2.24 bits per heavy atom. The summed E-state index contributed by atoms with van der Waals surface area (Å²) in [6.45, 7) is 4.68. The highest BCUT2D eigenvalue weighted by molar-refractivity contribution is 5.94. The summed E-state index contributed by atoms with van der Waals surface area (Å²) in [6, 6.07) is 15.3. The van der Waals surface area contributed by atoms with Gasteiger partial charge in [0.05, 0.1) is 6.61 Å². The summed E-state index contributed by atoms with van der Waals surface area (Å²) in [5, 5.41) is 0. The smallest absolute Gasteiger partial charge is 0.222 e. The molecule has 0 saturated carbocycles. The molecule has 2 rings (SSSR count). The summed E-state index contributed by atoms with van der Waals surface area (Å²) >= 11 is 0. The molecule has 0 aliphatic carbocycles. The molecule has 4 nitrogen and oxygen atoms in total. The molecule has 25 heavy (non-hydrogen) atoms. The van der Waals surface area contributed by atoms with E-state index < -0.39 is 0 Å². The Hall–Kier alpha value is -2.62. The number of ketones is 1. The van der Waals surface area contributed by atoms with Gasteiger partial charge in [-0.15, -0.1) is 0 Å². The third kappa shape index (κ3) is 6.07. The van der Waals surface area contributed by atoms with Crippen LogP contribution in [0, 0.1) is 6.92 Å². The molecule has 4 heteroatoms. The highest BCUT2D eigenvalue weighted by atomic mass is 16.5. The van der Waals surface area contributed by atoms with E-state index in [4.69, 9.17) is 4.74 Å². The third-order valence-electron chi connectivity index (χ3n) is 4.03. The van der Waals surface area contributed by atoms with E-state index in [0.29, 0.717) is 37.3 Å². The predicted octanol–water partition coefficient (Wildman–Crippen LogP) is 4.02. The van der Waals surface area contributed by atoms with Crippen molar-refractivity contribution < 1.29 is 14.3 Å². The van der Waals surface area contributed by atoms with Gasteiger partial charge in [0.15, 0.2) is 5.78 Å². The van der Waals surface area contributed by atoms with Crippen LogP contribution in [0.25, 0.3) is 0 Å². The van der Waals surface area contributed by atoms with Crippen LogP contribution in [0.1, 0.15) is 41.3 Å². The van der Waals surface area contributed by atoms with E-state index in [1.54, 1.807) is 29.2 Å². The molecule has 0 aliphatic rings. The van der Waals surface area contributed by atoms with Gasteiger partial charge in [-0.1, -0.05) is 29.8 Å². The number of hydrogen-bond donors (Lipinski definition) is 0. The summed E-state index contributed by atoms with van der Waals surface area (Å²) < 4.78 is 5.62. The van der Waals surface area contributed by atoms with E-state index in [-0.39, 0.29) is 11.7 Å². The molecular formula is C21H25NO3. The Morgan fingerprint density at radius 1 is 1.00 bits per heavy atom. The lowest BCUT2D eigenvalue weighted by molar-refractivity contribution is -0.130. The largest absolute Gasteiger partial charge is 0.494 e. The highest BCUT2D eigenvalue weighted by Crippen LogP contribution is 2.13. The van der Waals surface area contributed by atoms with Crippen LogP contribution in [0.2, 0.25) is 0 Å². The fraction of sp³-hybridized carbons (Fsp3) is 0.333. The zero-order valence-electron chi connectivity index (χ0n) is 15.1. The van der Waals surface area contributed by atoms with Gasteiger partial charge in [0.25, 0.3) is 0 Å². The lowest BCUT2D eigenvalue weighted by Gasteiger charge is -2.17. The number of nitrogens with zero attached hydrogens (tertiary/aromatic N) is 1. The fourth-order valence-electron chi connectivity index (χ4n) is 2.45. The molecular weight excluding hydrogens is 314 g/mol. The minimum Gasteiger partial charge on any atom is -0.494 e. The van der Waals surface area contributed by atoms with Crippen molar-refractivity contribution in [1.82, 2.24) is 4.90 Å². The van der Waals surface area contributed by atoms with Crippen LogP contribution >= 0.6 is 0 Å². The van der Waals surface area contributed by atoms with Crippen LogP contribution < -0.4 is 4.74 Å². The molecule has 2 aromatic rings. The summed E-state index contributed by atoms with van der Waals surface area (Å²) in [6.07, 6.45) is 1.11. The van der Waals surface area contributed by atoms with Crippen molar-refractivity contribution in [3.63, 3.8) is 0 Å². The van der Waals surface area contributed by atoms with Gasteiger partial charge in [-0.3, -0.25) is 9.59 Å². The molecule has 0 radical (unpaired) electrons. The number of ether oxygens (including phenoxy) is 1. The van der Waals surface area contributed by atoms with Gasteiger partial charge < -0.3 is 9.64 Å². The van der Waals surface area contributed by atoms with Gasteiger partial charge in [-0.05, 0) is 50.1 Å². The molecule has 132 valence electrons. The van der Waals surface area contributed by atoms with Crippen LogP contribution in [0.15, 0.2) is 48.5 Å². The molecule has 0 saturated heterocycles. The van der Waals surface area contributed by atoms with E-state index in [1.807, 2.05) is 26.1 Å². The normalized spacial score (nSPS) is 10.4. The molecule has 0 heterocycles. The van der Waals surface area contributed by atoms with Crippen molar-refractivity contribution in [2.24, 2.45) is 0 Å². The van der Waals surface area contributed by atoms with Gasteiger partial charge in [0.2, 0.25) is 5.91 Å². The number of carbonyl (C=O) groups is 2. The first-order chi connectivity index (χ1) is 12.0. The van der Waals surface area contributed by atoms with Gasteiger partial charge in [-0.25, -0.2) is 0 Å². The summed E-state index contributed by atoms with van der Waals surface area (Å²) in [7, 11) is 1.82. The summed E-state index contributed by atoms with van der Waals surface area (Å²) in [4.78, 5) is 25.1. The monoisotopic (exact) mass is 339 g/mol. The summed E-state index contributed by atoms with van der Waals surface area (Å²) in [5.74, 6) is 0.857. The van der Waals surface area contributed by atoms with Crippen molar-refractivity contribution in [1.29, 1.82) is 0 Å². The molecule has 2 aromatic carbocycles. The second-order valence-electron chi connectivity index (χ2n) is 6.27. The standard InChI is InChI=1S/C21H25NO3/c1-16-6-8-18(9-7-16)15-22(3)21(24)5-4-14-25-20-12-10-19(11-13-20)17(2)23/h6-13H,4-5,14-15H2,1-3H3. The molecule has 0 aromatic heterocycles. The van der Waals surface area contributed by atoms with E-state index in [0.717, 1.165) is 5.56 Å². The molecule has 0 fully saturated rings. The van der Waals surface area contributed by atoms with Crippen molar-refractivity contribution in [3.8, 4) is 5.75 Å². The quantitative estimate of drug-likeness (QED) is 0.539. The minimum atomic E-state index is 0.0359. The molecule has 0 aliphatic heterocycles. The van der Waals surface area contributed by atoms with E-state index in [2.05, 4.69) is 12.1 Å². The van der Waals surface area contributed by atoms with Gasteiger partial charge in [0.1, 0.15) is 5.75 Å². The average molecular weight is 339 g/mol. The first-order valence-electron chi connectivity index (χ1n) is 8.49. The average Bonchev–Trinajstić information content (AvgIpc) is 2.60. The Kier molecular flexibility index (Phi) is 6.75. The number of Topliss-reactive ketones (excluding diaryl/α,β-unsaturated/α-hetero) is 1. The predicted molar refractivity (Wildman–Crippen MR) is 98.8 cm³/mol.